The molecule has 7 nitrogen and oxygen atoms in total. The molecule has 2 aromatic carbocycles. The van der Waals surface area contributed by atoms with Crippen LogP contribution in [0.5, 0.6) is 0 Å². The fraction of sp³-hybridized carbons (Fsp3) is 0.667. The predicted octanol–water partition coefficient (Wildman–Crippen LogP) is 9.98. The summed E-state index contributed by atoms with van der Waals surface area (Å²) in [5, 5.41) is 13.2. The highest BCUT2D eigenvalue weighted by Gasteiger charge is 2.59. The Hall–Kier alpha value is -2.31. The van der Waals surface area contributed by atoms with Crippen molar-refractivity contribution in [2.75, 3.05) is 0 Å². The van der Waals surface area contributed by atoms with Crippen LogP contribution >= 0.6 is 0 Å². The van der Waals surface area contributed by atoms with Crippen molar-refractivity contribution in [2.24, 2.45) is 17.8 Å². The van der Waals surface area contributed by atoms with E-state index in [2.05, 4.69) is 67.7 Å². The molecular formula is C42H66O7Si2. The minimum atomic E-state index is -2.05. The summed E-state index contributed by atoms with van der Waals surface area (Å²) >= 11 is 0. The van der Waals surface area contributed by atoms with E-state index >= 15 is 0 Å². The summed E-state index contributed by atoms with van der Waals surface area (Å²) in [6, 6.07) is 19.1. The highest BCUT2D eigenvalue weighted by Crippen LogP contribution is 2.48. The van der Waals surface area contributed by atoms with Gasteiger partial charge in [0.05, 0.1) is 5.92 Å². The molecule has 2 fully saturated rings. The molecule has 0 aliphatic heterocycles. The van der Waals surface area contributed by atoms with Gasteiger partial charge in [0, 0.05) is 12.2 Å². The van der Waals surface area contributed by atoms with Gasteiger partial charge in [-0.2, -0.15) is 0 Å². The second kappa shape index (κ2) is 16.8. The number of esters is 2. The van der Waals surface area contributed by atoms with Crippen LogP contribution in [-0.2, 0) is 41.1 Å². The van der Waals surface area contributed by atoms with Crippen LogP contribution in [0.25, 0.3) is 0 Å². The van der Waals surface area contributed by atoms with Gasteiger partial charge in [-0.15, -0.1) is 0 Å². The van der Waals surface area contributed by atoms with Crippen LogP contribution in [0.15, 0.2) is 60.7 Å². The summed E-state index contributed by atoms with van der Waals surface area (Å²) in [4.78, 5) is 28.9. The number of hydrogen-bond donors (Lipinski definition) is 1. The number of ether oxygens (including phenoxy) is 2. The Morgan fingerprint density at radius 1 is 0.647 bits per heavy atom. The molecule has 0 saturated heterocycles. The van der Waals surface area contributed by atoms with Crippen molar-refractivity contribution in [2.45, 2.75) is 160 Å². The highest BCUT2D eigenvalue weighted by molar-refractivity contribution is 6.74. The van der Waals surface area contributed by atoms with E-state index in [1.165, 1.54) is 0 Å². The van der Waals surface area contributed by atoms with E-state index in [4.69, 9.17) is 18.3 Å². The summed E-state index contributed by atoms with van der Waals surface area (Å²) in [5.74, 6) is -3.08. The van der Waals surface area contributed by atoms with E-state index in [1.807, 2.05) is 60.7 Å². The number of aliphatic hydroxyl groups is 1. The van der Waals surface area contributed by atoms with Crippen molar-refractivity contribution in [3.63, 3.8) is 0 Å². The molecule has 0 heterocycles. The van der Waals surface area contributed by atoms with Crippen LogP contribution in [-0.4, -0.2) is 51.5 Å². The van der Waals surface area contributed by atoms with Crippen molar-refractivity contribution >= 4 is 28.6 Å². The first-order valence-corrected chi connectivity index (χ1v) is 25.1. The molecule has 2 aromatic rings. The van der Waals surface area contributed by atoms with E-state index in [0.29, 0.717) is 38.5 Å². The zero-order chi connectivity index (χ0) is 37.7. The Morgan fingerprint density at radius 2 is 1.04 bits per heavy atom. The number of rotatable bonds is 13. The second-order valence-corrected chi connectivity index (χ2v) is 27.7. The quantitative estimate of drug-likeness (QED) is 0.162. The molecule has 0 radical (unpaired) electrons. The molecule has 0 bridgehead atoms. The normalized spacial score (nSPS) is 23.9. The fourth-order valence-electron chi connectivity index (χ4n) is 7.28. The lowest BCUT2D eigenvalue weighted by Gasteiger charge is -2.47. The lowest BCUT2D eigenvalue weighted by Crippen LogP contribution is -2.59. The molecule has 2 atom stereocenters. The molecule has 0 aromatic heterocycles. The van der Waals surface area contributed by atoms with Crippen molar-refractivity contribution in [3.8, 4) is 0 Å². The molecule has 0 spiro atoms. The monoisotopic (exact) mass is 738 g/mol. The van der Waals surface area contributed by atoms with Gasteiger partial charge >= 0.3 is 11.9 Å². The summed E-state index contributed by atoms with van der Waals surface area (Å²) in [7, 11) is -4.01. The smallest absolute Gasteiger partial charge is 0.339 e. The molecule has 0 amide bonds. The Kier molecular flexibility index (Phi) is 13.6. The Balaban J connectivity index is 1.64. The van der Waals surface area contributed by atoms with E-state index < -0.39 is 46.0 Å². The molecule has 2 saturated carbocycles. The van der Waals surface area contributed by atoms with Gasteiger partial charge in [0.2, 0.25) is 0 Å². The third-order valence-corrected chi connectivity index (χ3v) is 21.6. The molecule has 2 unspecified atom stereocenters. The first kappa shape index (κ1) is 41.4. The zero-order valence-electron chi connectivity index (χ0n) is 33.1. The SMILES string of the molecule is CC(C)(C)[Si](C)(C)OC1CCC(C(C(=O)OCc2ccccc2)C(O)(C(=O)OCc2ccccc2)C2CCC(O[Si](C)(C)C(C)(C)C)CC2)CC1. The number of benzene rings is 2. The standard InChI is InChI=1S/C42H66O7Si2/c1-40(2,3)50(7,8)48-35-25-21-33(22-26-35)37(38(43)46-29-31-17-13-11-14-18-31)42(45,39(44)47-30-32-19-15-12-16-20-32)34-23-27-36(28-24-34)49-51(9,10)41(4,5)6/h11-20,33-37,45H,21-30H2,1-10H3. The van der Waals surface area contributed by atoms with Crippen LogP contribution in [0.3, 0.4) is 0 Å². The van der Waals surface area contributed by atoms with Crippen molar-refractivity contribution < 1.29 is 33.0 Å². The predicted molar refractivity (Wildman–Crippen MR) is 209 cm³/mol. The average molecular weight is 739 g/mol. The Bertz CT molecular complexity index is 1400. The van der Waals surface area contributed by atoms with E-state index in [1.54, 1.807) is 0 Å². The fourth-order valence-corrected chi connectivity index (χ4v) is 10.1. The number of carbonyl (C=O) groups excluding carboxylic acids is 2. The maximum atomic E-state index is 14.5. The lowest BCUT2D eigenvalue weighted by atomic mass is 9.63. The molecule has 51 heavy (non-hydrogen) atoms. The molecule has 2 aliphatic carbocycles. The van der Waals surface area contributed by atoms with Gasteiger partial charge in [0.25, 0.3) is 0 Å². The van der Waals surface area contributed by atoms with Crippen LogP contribution in [0.1, 0.15) is 104 Å². The molecule has 284 valence electrons. The molecule has 4 rings (SSSR count). The van der Waals surface area contributed by atoms with Crippen LogP contribution in [0.2, 0.25) is 36.3 Å². The second-order valence-electron chi connectivity index (χ2n) is 18.2. The van der Waals surface area contributed by atoms with Crippen LogP contribution in [0, 0.1) is 17.8 Å². The number of carbonyl (C=O) groups is 2. The number of hydrogen-bond acceptors (Lipinski definition) is 7. The van der Waals surface area contributed by atoms with Gasteiger partial charge in [-0.05, 0) is 111 Å². The highest BCUT2D eigenvalue weighted by atomic mass is 28.4. The maximum absolute atomic E-state index is 14.5. The summed E-state index contributed by atoms with van der Waals surface area (Å²) in [6.45, 7) is 22.6. The van der Waals surface area contributed by atoms with E-state index in [0.717, 1.165) is 24.0 Å². The van der Waals surface area contributed by atoms with Crippen molar-refractivity contribution in [1.82, 2.24) is 0 Å². The van der Waals surface area contributed by atoms with E-state index in [9.17, 15) is 14.7 Å². The minimum absolute atomic E-state index is 0.0185. The average Bonchev–Trinajstić information content (AvgIpc) is 3.07. The van der Waals surface area contributed by atoms with Crippen molar-refractivity contribution in [3.05, 3.63) is 71.8 Å². The van der Waals surface area contributed by atoms with Gasteiger partial charge < -0.3 is 23.4 Å². The first-order chi connectivity index (χ1) is 23.7. The van der Waals surface area contributed by atoms with Gasteiger partial charge in [-0.1, -0.05) is 102 Å². The van der Waals surface area contributed by atoms with Gasteiger partial charge in [0.1, 0.15) is 13.2 Å². The molecule has 9 heteroatoms. The third kappa shape index (κ3) is 10.4. The summed E-state index contributed by atoms with van der Waals surface area (Å²) < 4.78 is 25.6. The molecular weight excluding hydrogens is 673 g/mol. The molecule has 1 N–H and O–H groups in total. The summed E-state index contributed by atoms with van der Waals surface area (Å²) in [6.07, 6.45) is 5.52. The van der Waals surface area contributed by atoms with Crippen molar-refractivity contribution in [1.29, 1.82) is 0 Å². The van der Waals surface area contributed by atoms with Crippen LogP contribution in [0.4, 0.5) is 0 Å². The first-order valence-electron chi connectivity index (χ1n) is 19.2. The largest absolute Gasteiger partial charge is 0.460 e. The lowest BCUT2D eigenvalue weighted by molar-refractivity contribution is -0.200. The van der Waals surface area contributed by atoms with Crippen LogP contribution < -0.4 is 0 Å². The summed E-state index contributed by atoms with van der Waals surface area (Å²) in [5.41, 5.74) is -0.372. The Morgan fingerprint density at radius 3 is 1.45 bits per heavy atom. The zero-order valence-corrected chi connectivity index (χ0v) is 35.1. The maximum Gasteiger partial charge on any atom is 0.339 e. The minimum Gasteiger partial charge on any atom is -0.460 e. The van der Waals surface area contributed by atoms with Gasteiger partial charge in [0.15, 0.2) is 22.2 Å². The Labute approximate surface area is 310 Å². The van der Waals surface area contributed by atoms with Gasteiger partial charge in [-0.25, -0.2) is 4.79 Å². The van der Waals surface area contributed by atoms with E-state index in [-0.39, 0.29) is 41.4 Å². The topological polar surface area (TPSA) is 91.3 Å². The molecule has 2 aliphatic rings. The van der Waals surface area contributed by atoms with Gasteiger partial charge in [-0.3, -0.25) is 4.79 Å². The third-order valence-electron chi connectivity index (χ3n) is 12.5.